The van der Waals surface area contributed by atoms with Gasteiger partial charge in [0.2, 0.25) is 5.91 Å². The Morgan fingerprint density at radius 1 is 1.32 bits per heavy atom. The fourth-order valence-electron chi connectivity index (χ4n) is 2.72. The molecular formula is C21H19ClF2N4O2S. The largest absolute Gasteiger partial charge is 0.480 e. The average molecular weight is 465 g/mol. The van der Waals surface area contributed by atoms with E-state index in [2.05, 4.69) is 22.1 Å². The number of carbonyl (C=O) groups excluding carboxylic acids is 1. The van der Waals surface area contributed by atoms with E-state index in [0.29, 0.717) is 28.2 Å². The molecule has 1 heterocycles. The van der Waals surface area contributed by atoms with Gasteiger partial charge in [-0.05, 0) is 37.3 Å². The zero-order valence-electron chi connectivity index (χ0n) is 16.5. The number of hydrogen-bond donors (Lipinski definition) is 1. The van der Waals surface area contributed by atoms with Gasteiger partial charge in [-0.25, -0.2) is 8.78 Å². The lowest BCUT2D eigenvalue weighted by Crippen LogP contribution is -2.15. The third kappa shape index (κ3) is 6.05. The Morgan fingerprint density at radius 2 is 2.13 bits per heavy atom. The SMILES string of the molecule is C=CCn1c(SCC(=O)Nc2cccc(Cl)c2)nnc1C(C)Oc1ccc(F)cc1F. The van der Waals surface area contributed by atoms with Gasteiger partial charge in [-0.1, -0.05) is 35.5 Å². The molecule has 0 radical (unpaired) electrons. The normalized spacial score (nSPS) is 11.7. The van der Waals surface area contributed by atoms with E-state index < -0.39 is 17.7 Å². The monoisotopic (exact) mass is 464 g/mol. The predicted octanol–water partition coefficient (Wildman–Crippen LogP) is 5.27. The van der Waals surface area contributed by atoms with Gasteiger partial charge in [0.15, 0.2) is 28.7 Å². The molecule has 3 aromatic rings. The molecule has 0 fully saturated rings. The molecule has 10 heteroatoms. The molecule has 1 N–H and O–H groups in total. The van der Waals surface area contributed by atoms with Crippen LogP contribution >= 0.6 is 23.4 Å². The molecule has 0 aliphatic rings. The first-order chi connectivity index (χ1) is 14.9. The molecule has 1 atom stereocenters. The van der Waals surface area contributed by atoms with E-state index in [1.54, 1.807) is 41.8 Å². The highest BCUT2D eigenvalue weighted by molar-refractivity contribution is 7.99. The van der Waals surface area contributed by atoms with Crippen molar-refractivity contribution in [2.24, 2.45) is 0 Å². The van der Waals surface area contributed by atoms with Crippen LogP contribution in [0.4, 0.5) is 14.5 Å². The van der Waals surface area contributed by atoms with Crippen LogP contribution in [0, 0.1) is 11.6 Å². The molecule has 0 spiro atoms. The molecule has 6 nitrogen and oxygen atoms in total. The fraction of sp³-hybridized carbons (Fsp3) is 0.190. The maximum atomic E-state index is 13.9. The van der Waals surface area contributed by atoms with E-state index in [-0.39, 0.29) is 17.4 Å². The summed E-state index contributed by atoms with van der Waals surface area (Å²) in [7, 11) is 0. The Balaban J connectivity index is 1.69. The summed E-state index contributed by atoms with van der Waals surface area (Å²) in [4.78, 5) is 12.3. The van der Waals surface area contributed by atoms with Crippen LogP contribution in [0.5, 0.6) is 5.75 Å². The topological polar surface area (TPSA) is 69.0 Å². The molecule has 0 aliphatic heterocycles. The van der Waals surface area contributed by atoms with Crippen molar-refractivity contribution in [2.45, 2.75) is 24.7 Å². The molecule has 31 heavy (non-hydrogen) atoms. The van der Waals surface area contributed by atoms with Crippen LogP contribution in [0.3, 0.4) is 0 Å². The number of anilines is 1. The Morgan fingerprint density at radius 3 is 2.84 bits per heavy atom. The minimum absolute atomic E-state index is 0.0869. The summed E-state index contributed by atoms with van der Waals surface area (Å²) >= 11 is 7.11. The van der Waals surface area contributed by atoms with Gasteiger partial charge in [-0.2, -0.15) is 0 Å². The Kier molecular flexibility index (Phi) is 7.64. The summed E-state index contributed by atoms with van der Waals surface area (Å²) in [5, 5.41) is 12.0. The summed E-state index contributed by atoms with van der Waals surface area (Å²) in [5.41, 5.74) is 0.592. The Bertz CT molecular complexity index is 1090. The van der Waals surface area contributed by atoms with Gasteiger partial charge in [-0.3, -0.25) is 9.36 Å². The second-order valence-electron chi connectivity index (χ2n) is 6.42. The van der Waals surface area contributed by atoms with Gasteiger partial charge in [0.25, 0.3) is 0 Å². The quantitative estimate of drug-likeness (QED) is 0.345. The number of carbonyl (C=O) groups is 1. The second kappa shape index (κ2) is 10.4. The van der Waals surface area contributed by atoms with E-state index in [9.17, 15) is 13.6 Å². The highest BCUT2D eigenvalue weighted by atomic mass is 35.5. The standard InChI is InChI=1S/C21H19ClF2N4O2S/c1-3-9-28-20(13(2)30-18-8-7-15(23)11-17(18)24)26-27-21(28)31-12-19(29)25-16-6-4-5-14(22)10-16/h3-8,10-11,13H,1,9,12H2,2H3,(H,25,29). The lowest BCUT2D eigenvalue weighted by Gasteiger charge is -2.16. The molecule has 1 unspecified atom stereocenters. The molecule has 0 saturated heterocycles. The van der Waals surface area contributed by atoms with Gasteiger partial charge >= 0.3 is 0 Å². The van der Waals surface area contributed by atoms with Crippen LogP contribution in [0.15, 0.2) is 60.3 Å². The summed E-state index contributed by atoms with van der Waals surface area (Å²) < 4.78 is 34.3. The van der Waals surface area contributed by atoms with Crippen LogP contribution in [0.1, 0.15) is 18.9 Å². The minimum atomic E-state index is -0.811. The molecule has 0 saturated carbocycles. The first-order valence-electron chi connectivity index (χ1n) is 9.21. The molecule has 0 aliphatic carbocycles. The number of nitrogens with one attached hydrogen (secondary N) is 1. The van der Waals surface area contributed by atoms with Gasteiger partial charge in [0, 0.05) is 23.3 Å². The highest BCUT2D eigenvalue weighted by Crippen LogP contribution is 2.27. The number of allylic oxidation sites excluding steroid dienone is 1. The number of nitrogens with zero attached hydrogens (tertiary/aromatic N) is 3. The van der Waals surface area contributed by atoms with Gasteiger partial charge in [0.1, 0.15) is 5.82 Å². The molecule has 162 valence electrons. The Labute approximate surface area is 187 Å². The molecule has 0 bridgehead atoms. The summed E-state index contributed by atoms with van der Waals surface area (Å²) in [6.07, 6.45) is 0.968. The van der Waals surface area contributed by atoms with E-state index >= 15 is 0 Å². The predicted molar refractivity (Wildman–Crippen MR) is 116 cm³/mol. The first-order valence-corrected chi connectivity index (χ1v) is 10.6. The zero-order valence-corrected chi connectivity index (χ0v) is 18.1. The number of aromatic nitrogens is 3. The fourth-order valence-corrected chi connectivity index (χ4v) is 3.66. The molecular weight excluding hydrogens is 446 g/mol. The van der Waals surface area contributed by atoms with Crippen molar-refractivity contribution in [3.8, 4) is 5.75 Å². The van der Waals surface area contributed by atoms with Crippen molar-refractivity contribution < 1.29 is 18.3 Å². The van der Waals surface area contributed by atoms with Crippen LogP contribution in [0.2, 0.25) is 5.02 Å². The van der Waals surface area contributed by atoms with Crippen LogP contribution < -0.4 is 10.1 Å². The van der Waals surface area contributed by atoms with E-state index in [0.717, 1.165) is 12.1 Å². The highest BCUT2D eigenvalue weighted by Gasteiger charge is 2.21. The maximum Gasteiger partial charge on any atom is 0.234 e. The van der Waals surface area contributed by atoms with Gasteiger partial charge in [0.05, 0.1) is 5.75 Å². The van der Waals surface area contributed by atoms with E-state index in [4.69, 9.17) is 16.3 Å². The number of hydrogen-bond acceptors (Lipinski definition) is 5. The molecule has 1 amide bonds. The lowest BCUT2D eigenvalue weighted by atomic mass is 10.3. The molecule has 2 aromatic carbocycles. The van der Waals surface area contributed by atoms with Crippen LogP contribution in [0.25, 0.3) is 0 Å². The van der Waals surface area contributed by atoms with E-state index in [1.807, 2.05) is 0 Å². The van der Waals surface area contributed by atoms with Crippen molar-refractivity contribution >= 4 is 35.0 Å². The molecule has 1 aromatic heterocycles. The number of amides is 1. The Hall–Kier alpha value is -2.91. The number of benzene rings is 2. The van der Waals surface area contributed by atoms with Crippen molar-refractivity contribution in [1.29, 1.82) is 0 Å². The van der Waals surface area contributed by atoms with Crippen molar-refractivity contribution in [2.75, 3.05) is 11.1 Å². The van der Waals surface area contributed by atoms with Gasteiger partial charge < -0.3 is 10.1 Å². The second-order valence-corrected chi connectivity index (χ2v) is 7.80. The third-order valence-electron chi connectivity index (χ3n) is 4.06. The first kappa shape index (κ1) is 22.8. The van der Waals surface area contributed by atoms with Gasteiger partial charge in [-0.15, -0.1) is 16.8 Å². The smallest absolute Gasteiger partial charge is 0.234 e. The summed E-state index contributed by atoms with van der Waals surface area (Å²) in [5.74, 6) is -1.34. The van der Waals surface area contributed by atoms with E-state index in [1.165, 1.54) is 17.8 Å². The summed E-state index contributed by atoms with van der Waals surface area (Å²) in [6.45, 7) is 5.76. The number of rotatable bonds is 9. The zero-order chi connectivity index (χ0) is 22.4. The molecule has 3 rings (SSSR count). The van der Waals surface area contributed by atoms with Crippen molar-refractivity contribution in [3.63, 3.8) is 0 Å². The van der Waals surface area contributed by atoms with Crippen LogP contribution in [-0.4, -0.2) is 26.4 Å². The average Bonchev–Trinajstić information content (AvgIpc) is 3.11. The number of ether oxygens (including phenoxy) is 1. The minimum Gasteiger partial charge on any atom is -0.480 e. The number of thioether (sulfide) groups is 1. The van der Waals surface area contributed by atoms with Crippen LogP contribution in [-0.2, 0) is 11.3 Å². The van der Waals surface area contributed by atoms with Crippen molar-refractivity contribution in [3.05, 3.63) is 77.6 Å². The number of halogens is 3. The van der Waals surface area contributed by atoms with Crippen molar-refractivity contribution in [1.82, 2.24) is 14.8 Å². The third-order valence-corrected chi connectivity index (χ3v) is 5.26. The summed E-state index contributed by atoms with van der Waals surface area (Å²) in [6, 6.07) is 9.91. The maximum absolute atomic E-state index is 13.9. The lowest BCUT2D eigenvalue weighted by molar-refractivity contribution is -0.113.